The van der Waals surface area contributed by atoms with Crippen LogP contribution in [0.25, 0.3) is 6.08 Å². The molecule has 2 rings (SSSR count). The first-order chi connectivity index (χ1) is 8.63. The summed E-state index contributed by atoms with van der Waals surface area (Å²) >= 11 is 1.81. The zero-order valence-corrected chi connectivity index (χ0v) is 11.9. The van der Waals surface area contributed by atoms with Crippen molar-refractivity contribution in [2.45, 2.75) is 25.7 Å². The fourth-order valence-electron chi connectivity index (χ4n) is 1.72. The van der Waals surface area contributed by atoms with Gasteiger partial charge in [0.1, 0.15) is 0 Å². The monoisotopic (exact) mass is 254 g/mol. The molecule has 0 saturated heterocycles. The number of aryl methyl sites for hydroxylation is 2. The summed E-state index contributed by atoms with van der Waals surface area (Å²) in [5, 5.41) is 0. The average molecular weight is 254 g/mol. The summed E-state index contributed by atoms with van der Waals surface area (Å²) in [6.07, 6.45) is 2.23. The van der Waals surface area contributed by atoms with Crippen molar-refractivity contribution in [1.29, 1.82) is 0 Å². The molecular weight excluding hydrogens is 236 g/mol. The Kier molecular flexibility index (Phi) is 4.27. The van der Waals surface area contributed by atoms with Crippen molar-refractivity contribution in [2.24, 2.45) is 0 Å². The summed E-state index contributed by atoms with van der Waals surface area (Å²) < 4.78 is 0. The SMILES string of the molecule is C/C(=C/c1ccc(C)cc1)Sc1ccc(C)cc1. The summed E-state index contributed by atoms with van der Waals surface area (Å²) in [7, 11) is 0. The van der Waals surface area contributed by atoms with Gasteiger partial charge in [0.25, 0.3) is 0 Å². The van der Waals surface area contributed by atoms with Crippen molar-refractivity contribution in [3.63, 3.8) is 0 Å². The molecule has 0 heterocycles. The van der Waals surface area contributed by atoms with E-state index < -0.39 is 0 Å². The Labute approximate surface area is 114 Å². The molecule has 0 unspecified atom stereocenters. The Morgan fingerprint density at radius 3 is 1.89 bits per heavy atom. The van der Waals surface area contributed by atoms with Gasteiger partial charge in [-0.3, -0.25) is 0 Å². The van der Waals surface area contributed by atoms with E-state index in [4.69, 9.17) is 0 Å². The van der Waals surface area contributed by atoms with Crippen LogP contribution in [-0.2, 0) is 0 Å². The Hall–Kier alpha value is -1.47. The van der Waals surface area contributed by atoms with Gasteiger partial charge in [-0.2, -0.15) is 0 Å². The average Bonchev–Trinajstić information content (AvgIpc) is 2.35. The van der Waals surface area contributed by atoms with E-state index in [1.54, 1.807) is 0 Å². The fraction of sp³-hybridized carbons (Fsp3) is 0.176. The third kappa shape index (κ3) is 3.78. The Morgan fingerprint density at radius 1 is 0.833 bits per heavy atom. The van der Waals surface area contributed by atoms with E-state index in [-0.39, 0.29) is 0 Å². The number of benzene rings is 2. The normalized spacial score (nSPS) is 11.6. The minimum absolute atomic E-state index is 1.26. The second-order valence-corrected chi connectivity index (χ2v) is 5.90. The molecule has 0 aromatic heterocycles. The van der Waals surface area contributed by atoms with Gasteiger partial charge in [-0.1, -0.05) is 59.3 Å². The minimum atomic E-state index is 1.26. The van der Waals surface area contributed by atoms with Gasteiger partial charge in [0.05, 0.1) is 0 Å². The van der Waals surface area contributed by atoms with Crippen LogP contribution in [0.15, 0.2) is 58.3 Å². The van der Waals surface area contributed by atoms with Crippen LogP contribution in [0.4, 0.5) is 0 Å². The molecule has 0 bridgehead atoms. The molecule has 1 heteroatoms. The maximum absolute atomic E-state index is 2.23. The van der Waals surface area contributed by atoms with Crippen LogP contribution in [-0.4, -0.2) is 0 Å². The summed E-state index contributed by atoms with van der Waals surface area (Å²) in [5.74, 6) is 0. The van der Waals surface area contributed by atoms with Crippen LogP contribution in [0.3, 0.4) is 0 Å². The van der Waals surface area contributed by atoms with Crippen LogP contribution in [0, 0.1) is 13.8 Å². The number of hydrogen-bond donors (Lipinski definition) is 0. The van der Waals surface area contributed by atoms with E-state index in [1.165, 1.54) is 26.5 Å². The third-order valence-electron chi connectivity index (χ3n) is 2.75. The molecular formula is C17H18S. The molecule has 0 aliphatic heterocycles. The van der Waals surface area contributed by atoms with Crippen molar-refractivity contribution in [2.75, 3.05) is 0 Å². The number of rotatable bonds is 3. The molecule has 2 aromatic carbocycles. The maximum atomic E-state index is 2.23. The molecule has 0 fully saturated rings. The second kappa shape index (κ2) is 5.92. The van der Waals surface area contributed by atoms with Gasteiger partial charge in [0.2, 0.25) is 0 Å². The molecule has 0 atom stereocenters. The minimum Gasteiger partial charge on any atom is -0.0948 e. The summed E-state index contributed by atoms with van der Waals surface area (Å²) in [5.41, 5.74) is 3.87. The van der Waals surface area contributed by atoms with Crippen LogP contribution < -0.4 is 0 Å². The Morgan fingerprint density at radius 2 is 1.33 bits per heavy atom. The standard InChI is InChI=1S/C17H18S/c1-13-4-8-16(9-5-13)12-15(3)18-17-10-6-14(2)7-11-17/h4-12H,1-3H3/b15-12-. The number of thioether (sulfide) groups is 1. The van der Waals surface area contributed by atoms with Gasteiger partial charge >= 0.3 is 0 Å². The van der Waals surface area contributed by atoms with Crippen molar-refractivity contribution in [1.82, 2.24) is 0 Å². The largest absolute Gasteiger partial charge is 0.0948 e. The maximum Gasteiger partial charge on any atom is 0.0119 e. The van der Waals surface area contributed by atoms with Gasteiger partial charge in [0, 0.05) is 4.90 Å². The molecule has 0 aliphatic carbocycles. The van der Waals surface area contributed by atoms with Crippen molar-refractivity contribution in [3.05, 3.63) is 70.1 Å². The van der Waals surface area contributed by atoms with E-state index in [1.807, 2.05) is 11.8 Å². The van der Waals surface area contributed by atoms with Gasteiger partial charge < -0.3 is 0 Å². The first-order valence-corrected chi connectivity index (χ1v) is 6.94. The summed E-state index contributed by atoms with van der Waals surface area (Å²) in [6, 6.07) is 17.3. The first kappa shape index (κ1) is 13.0. The van der Waals surface area contributed by atoms with Gasteiger partial charge in [-0.15, -0.1) is 0 Å². The zero-order chi connectivity index (χ0) is 13.0. The number of hydrogen-bond acceptors (Lipinski definition) is 1. The lowest BCUT2D eigenvalue weighted by molar-refractivity contribution is 1.38. The van der Waals surface area contributed by atoms with Crippen LogP contribution >= 0.6 is 11.8 Å². The Balaban J connectivity index is 2.09. The zero-order valence-electron chi connectivity index (χ0n) is 11.1. The van der Waals surface area contributed by atoms with Crippen LogP contribution in [0.5, 0.6) is 0 Å². The molecule has 0 spiro atoms. The lowest BCUT2D eigenvalue weighted by atomic mass is 10.1. The first-order valence-electron chi connectivity index (χ1n) is 6.13. The van der Waals surface area contributed by atoms with Crippen LogP contribution in [0.2, 0.25) is 0 Å². The molecule has 0 radical (unpaired) electrons. The molecule has 0 N–H and O–H groups in total. The lowest BCUT2D eigenvalue weighted by Gasteiger charge is -2.03. The van der Waals surface area contributed by atoms with Gasteiger partial charge in [0.15, 0.2) is 0 Å². The highest BCUT2D eigenvalue weighted by Crippen LogP contribution is 2.27. The summed E-state index contributed by atoms with van der Waals surface area (Å²) in [4.78, 5) is 2.60. The van der Waals surface area contributed by atoms with Crippen molar-refractivity contribution >= 4 is 17.8 Å². The smallest absolute Gasteiger partial charge is 0.0119 e. The highest BCUT2D eigenvalue weighted by Gasteiger charge is 1.96. The lowest BCUT2D eigenvalue weighted by Crippen LogP contribution is -1.77. The third-order valence-corrected chi connectivity index (χ3v) is 3.69. The van der Waals surface area contributed by atoms with E-state index >= 15 is 0 Å². The molecule has 0 amide bonds. The van der Waals surface area contributed by atoms with E-state index in [9.17, 15) is 0 Å². The molecule has 0 aliphatic rings. The van der Waals surface area contributed by atoms with E-state index in [2.05, 4.69) is 75.4 Å². The second-order valence-electron chi connectivity index (χ2n) is 4.58. The van der Waals surface area contributed by atoms with Crippen molar-refractivity contribution < 1.29 is 0 Å². The predicted octanol–water partition coefficient (Wildman–Crippen LogP) is 5.46. The molecule has 18 heavy (non-hydrogen) atoms. The molecule has 92 valence electrons. The quantitative estimate of drug-likeness (QED) is 0.656. The fourth-order valence-corrected chi connectivity index (χ4v) is 2.56. The van der Waals surface area contributed by atoms with Crippen LogP contribution in [0.1, 0.15) is 23.6 Å². The summed E-state index contributed by atoms with van der Waals surface area (Å²) in [6.45, 7) is 6.38. The highest BCUT2D eigenvalue weighted by molar-refractivity contribution is 8.03. The van der Waals surface area contributed by atoms with Gasteiger partial charge in [-0.25, -0.2) is 0 Å². The molecule has 2 aromatic rings. The van der Waals surface area contributed by atoms with E-state index in [0.29, 0.717) is 0 Å². The Bertz CT molecular complexity index is 533. The topological polar surface area (TPSA) is 0 Å². The van der Waals surface area contributed by atoms with Crippen molar-refractivity contribution in [3.8, 4) is 0 Å². The highest BCUT2D eigenvalue weighted by atomic mass is 32.2. The van der Waals surface area contributed by atoms with E-state index in [0.717, 1.165) is 0 Å². The molecule has 0 saturated carbocycles. The predicted molar refractivity (Wildman–Crippen MR) is 81.9 cm³/mol. The molecule has 0 nitrogen and oxygen atoms in total. The number of allylic oxidation sites excluding steroid dienone is 1. The van der Waals surface area contributed by atoms with Gasteiger partial charge in [-0.05, 0) is 49.4 Å².